The van der Waals surface area contributed by atoms with E-state index in [9.17, 15) is 24.2 Å². The van der Waals surface area contributed by atoms with Gasteiger partial charge in [-0.25, -0.2) is 4.39 Å². The molecular formula is C29H30FNO5. The molecule has 0 radical (unpaired) electrons. The smallest absolute Gasteiger partial charge is 0.238 e. The maximum atomic E-state index is 13.8. The van der Waals surface area contributed by atoms with Gasteiger partial charge in [0, 0.05) is 5.92 Å². The summed E-state index contributed by atoms with van der Waals surface area (Å²) in [5, 5.41) is 19.6. The molecule has 188 valence electrons. The van der Waals surface area contributed by atoms with Gasteiger partial charge in [0.15, 0.2) is 11.6 Å². The largest absolute Gasteiger partial charge is 0.505 e. The number of benzene rings is 2. The molecule has 3 aliphatic rings. The van der Waals surface area contributed by atoms with E-state index in [-0.39, 0.29) is 36.2 Å². The second-order valence-corrected chi connectivity index (χ2v) is 9.73. The average molecular weight is 492 g/mol. The normalized spacial score (nSPS) is 26.0. The van der Waals surface area contributed by atoms with E-state index in [0.29, 0.717) is 37.1 Å². The summed E-state index contributed by atoms with van der Waals surface area (Å²) in [4.78, 5) is 28.0. The van der Waals surface area contributed by atoms with Crippen LogP contribution in [-0.2, 0) is 14.3 Å². The lowest BCUT2D eigenvalue weighted by atomic mass is 9.69. The van der Waals surface area contributed by atoms with Crippen LogP contribution < -0.4 is 4.90 Å². The third-order valence-corrected chi connectivity index (χ3v) is 7.74. The molecule has 2 N–H and O–H groups in total. The number of phenols is 1. The SMILES string of the molecule is CC/C(=C\c1ccc(O)c(F)c1)CC[C@H]1OC[C@H]2C1=C(CO)C[C@H]1C(=O)N(c3ccccc3)C(=O)[C@H]12. The average Bonchev–Trinajstić information content (AvgIpc) is 3.42. The Morgan fingerprint density at radius 1 is 1.14 bits per heavy atom. The minimum Gasteiger partial charge on any atom is -0.505 e. The van der Waals surface area contributed by atoms with Gasteiger partial charge in [0.25, 0.3) is 0 Å². The van der Waals surface area contributed by atoms with E-state index in [1.165, 1.54) is 17.0 Å². The van der Waals surface area contributed by atoms with Crippen molar-refractivity contribution in [2.75, 3.05) is 18.1 Å². The summed E-state index contributed by atoms with van der Waals surface area (Å²) in [6, 6.07) is 13.3. The first kappa shape index (κ1) is 24.4. The van der Waals surface area contributed by atoms with E-state index in [2.05, 4.69) is 0 Å². The molecule has 5 rings (SSSR count). The van der Waals surface area contributed by atoms with Crippen LogP contribution in [0.25, 0.3) is 6.08 Å². The summed E-state index contributed by atoms with van der Waals surface area (Å²) in [6.45, 7) is 2.22. The van der Waals surface area contributed by atoms with Gasteiger partial charge in [0.05, 0.1) is 36.8 Å². The third-order valence-electron chi connectivity index (χ3n) is 7.74. The molecule has 0 saturated carbocycles. The fourth-order valence-corrected chi connectivity index (χ4v) is 5.97. The minimum absolute atomic E-state index is 0.162. The van der Waals surface area contributed by atoms with Crippen LogP contribution in [0.2, 0.25) is 0 Å². The van der Waals surface area contributed by atoms with Crippen molar-refractivity contribution in [3.05, 3.63) is 76.6 Å². The number of imide groups is 1. The minimum atomic E-state index is -0.656. The van der Waals surface area contributed by atoms with E-state index in [4.69, 9.17) is 4.74 Å². The Labute approximate surface area is 209 Å². The van der Waals surface area contributed by atoms with Gasteiger partial charge >= 0.3 is 0 Å². The summed E-state index contributed by atoms with van der Waals surface area (Å²) in [7, 11) is 0. The van der Waals surface area contributed by atoms with Gasteiger partial charge in [-0.1, -0.05) is 42.8 Å². The molecule has 0 bridgehead atoms. The number of para-hydroxylation sites is 1. The fraction of sp³-hybridized carbons (Fsp3) is 0.379. The van der Waals surface area contributed by atoms with Gasteiger partial charge in [0.2, 0.25) is 11.8 Å². The molecule has 2 fully saturated rings. The monoisotopic (exact) mass is 491 g/mol. The van der Waals surface area contributed by atoms with Crippen molar-refractivity contribution in [3.8, 4) is 5.75 Å². The number of hydrogen-bond donors (Lipinski definition) is 2. The Morgan fingerprint density at radius 2 is 1.92 bits per heavy atom. The highest BCUT2D eigenvalue weighted by Gasteiger charge is 2.57. The topological polar surface area (TPSA) is 87.1 Å². The van der Waals surface area contributed by atoms with Crippen molar-refractivity contribution in [1.82, 2.24) is 0 Å². The van der Waals surface area contributed by atoms with Crippen molar-refractivity contribution in [1.29, 1.82) is 0 Å². The molecule has 2 aromatic carbocycles. The zero-order valence-electron chi connectivity index (χ0n) is 20.2. The zero-order valence-corrected chi connectivity index (χ0v) is 20.2. The van der Waals surface area contributed by atoms with Crippen molar-refractivity contribution in [2.24, 2.45) is 17.8 Å². The maximum Gasteiger partial charge on any atom is 0.238 e. The first-order valence-electron chi connectivity index (χ1n) is 12.5. The lowest BCUT2D eigenvalue weighted by Gasteiger charge is -2.31. The van der Waals surface area contributed by atoms with Gasteiger partial charge in [-0.3, -0.25) is 14.5 Å². The van der Waals surface area contributed by atoms with Crippen molar-refractivity contribution < 1.29 is 28.9 Å². The number of allylic oxidation sites excluding steroid dienone is 1. The molecule has 1 aliphatic carbocycles. The first-order valence-corrected chi connectivity index (χ1v) is 12.5. The number of anilines is 1. The number of aromatic hydroxyl groups is 1. The number of amides is 2. The number of ether oxygens (including phenoxy) is 1. The molecule has 0 aromatic heterocycles. The maximum absolute atomic E-state index is 13.8. The number of rotatable bonds is 7. The van der Waals surface area contributed by atoms with E-state index in [0.717, 1.165) is 23.1 Å². The lowest BCUT2D eigenvalue weighted by molar-refractivity contribution is -0.122. The summed E-state index contributed by atoms with van der Waals surface area (Å²) >= 11 is 0. The van der Waals surface area contributed by atoms with Crippen molar-refractivity contribution in [3.63, 3.8) is 0 Å². The quantitative estimate of drug-likeness (QED) is 0.436. The second kappa shape index (κ2) is 9.99. The van der Waals surface area contributed by atoms with Gasteiger partial charge in [-0.2, -0.15) is 0 Å². The number of carbonyl (C=O) groups is 2. The summed E-state index contributed by atoms with van der Waals surface area (Å²) in [5.74, 6) is -2.61. The lowest BCUT2D eigenvalue weighted by Crippen LogP contribution is -2.35. The fourth-order valence-electron chi connectivity index (χ4n) is 5.97. The van der Waals surface area contributed by atoms with Crippen LogP contribution >= 0.6 is 0 Å². The van der Waals surface area contributed by atoms with Crippen molar-refractivity contribution in [2.45, 2.75) is 38.7 Å². The number of fused-ring (bicyclic) bond motifs is 3. The van der Waals surface area contributed by atoms with Gasteiger partial charge in [0.1, 0.15) is 0 Å². The predicted molar refractivity (Wildman–Crippen MR) is 133 cm³/mol. The Kier molecular flexibility index (Phi) is 6.77. The number of aliphatic hydroxyl groups is 1. The number of halogens is 1. The number of aliphatic hydroxyl groups excluding tert-OH is 1. The highest BCUT2D eigenvalue weighted by Crippen LogP contribution is 2.50. The van der Waals surface area contributed by atoms with Crippen LogP contribution in [0.5, 0.6) is 5.75 Å². The molecule has 2 amide bonds. The van der Waals surface area contributed by atoms with Gasteiger partial charge in [-0.15, -0.1) is 0 Å². The first-order chi connectivity index (χ1) is 17.4. The van der Waals surface area contributed by atoms with Crippen LogP contribution in [0.1, 0.15) is 38.2 Å². The van der Waals surface area contributed by atoms with Gasteiger partial charge < -0.3 is 14.9 Å². The van der Waals surface area contributed by atoms with E-state index >= 15 is 0 Å². The van der Waals surface area contributed by atoms with E-state index in [1.54, 1.807) is 30.3 Å². The Hall–Kier alpha value is -3.29. The summed E-state index contributed by atoms with van der Waals surface area (Å²) in [5.41, 5.74) is 4.14. The third kappa shape index (κ3) is 4.27. The summed E-state index contributed by atoms with van der Waals surface area (Å²) in [6.07, 6.45) is 4.19. The van der Waals surface area contributed by atoms with Gasteiger partial charge in [-0.05, 0) is 66.7 Å². The number of phenolic OH excluding ortho intramolecular Hbond substituents is 1. The molecule has 6 nitrogen and oxygen atoms in total. The molecule has 4 atom stereocenters. The molecule has 36 heavy (non-hydrogen) atoms. The molecule has 0 unspecified atom stereocenters. The van der Waals surface area contributed by atoms with Crippen LogP contribution in [0.3, 0.4) is 0 Å². The predicted octanol–water partition coefficient (Wildman–Crippen LogP) is 4.62. The highest BCUT2D eigenvalue weighted by molar-refractivity contribution is 6.22. The standard InChI is InChI=1S/C29H30FNO5/c1-2-17(12-18-8-10-24(33)23(30)13-18)9-11-25-26-19(15-32)14-21-27(22(26)16-36-25)29(35)31(28(21)34)20-6-4-3-5-7-20/h3-8,10,12-13,21-22,25,27,32-33H,2,9,11,14-16H2,1H3/b17-12+/t21-,22+,25-,27-/m1/s1. The number of carbonyl (C=O) groups excluding carboxylic acids is 2. The Morgan fingerprint density at radius 3 is 2.61 bits per heavy atom. The van der Waals surface area contributed by atoms with Crippen LogP contribution in [-0.4, -0.2) is 41.3 Å². The second-order valence-electron chi connectivity index (χ2n) is 9.73. The van der Waals surface area contributed by atoms with Crippen molar-refractivity contribution >= 4 is 23.6 Å². The zero-order chi connectivity index (χ0) is 25.4. The van der Waals surface area contributed by atoms with Crippen LogP contribution in [0, 0.1) is 23.6 Å². The molecule has 2 heterocycles. The molecule has 2 aliphatic heterocycles. The number of hydrogen-bond acceptors (Lipinski definition) is 5. The number of nitrogens with zero attached hydrogens (tertiary/aromatic N) is 1. The molecule has 2 aromatic rings. The molecular weight excluding hydrogens is 461 g/mol. The van der Waals surface area contributed by atoms with Crippen LogP contribution in [0.4, 0.5) is 10.1 Å². The Balaban J connectivity index is 1.36. The van der Waals surface area contributed by atoms with E-state index in [1.807, 2.05) is 19.1 Å². The molecule has 7 heteroatoms. The molecule has 0 spiro atoms. The molecule has 2 saturated heterocycles. The van der Waals surface area contributed by atoms with E-state index < -0.39 is 17.7 Å². The highest BCUT2D eigenvalue weighted by atomic mass is 19.1. The summed E-state index contributed by atoms with van der Waals surface area (Å²) < 4.78 is 19.9. The van der Waals surface area contributed by atoms with Crippen LogP contribution in [0.15, 0.2) is 65.3 Å². The Bertz CT molecular complexity index is 1240.